The van der Waals surface area contributed by atoms with Gasteiger partial charge in [-0.1, -0.05) is 18.2 Å². The zero-order valence-corrected chi connectivity index (χ0v) is 16.3. The van der Waals surface area contributed by atoms with Crippen LogP contribution in [0.25, 0.3) is 11.1 Å². The van der Waals surface area contributed by atoms with Crippen LogP contribution in [-0.2, 0) is 4.79 Å². The van der Waals surface area contributed by atoms with Crippen LogP contribution in [0, 0.1) is 0 Å². The van der Waals surface area contributed by atoms with Crippen LogP contribution in [0.5, 0.6) is 0 Å². The molecule has 2 aromatic carbocycles. The number of anilines is 2. The van der Waals surface area contributed by atoms with Crippen LogP contribution in [-0.4, -0.2) is 60.0 Å². The zero-order chi connectivity index (χ0) is 20.0. The summed E-state index contributed by atoms with van der Waals surface area (Å²) in [4.78, 5) is 28.8. The summed E-state index contributed by atoms with van der Waals surface area (Å²) >= 11 is 0. The van der Waals surface area contributed by atoms with Crippen molar-refractivity contribution in [1.29, 1.82) is 0 Å². The van der Waals surface area contributed by atoms with E-state index in [-0.39, 0.29) is 11.8 Å². The largest absolute Gasteiger partial charge is 0.366 e. The molecule has 0 unspecified atom stereocenters. The molecule has 4 N–H and O–H groups in total. The Balaban J connectivity index is 1.23. The monoisotopic (exact) mass is 391 g/mol. The molecule has 1 aliphatic carbocycles. The number of hydrogen-bond donors (Lipinski definition) is 3. The predicted molar refractivity (Wildman–Crippen MR) is 113 cm³/mol. The second kappa shape index (κ2) is 6.77. The molecule has 3 aliphatic rings. The third-order valence-corrected chi connectivity index (χ3v) is 6.11. The Labute approximate surface area is 169 Å². The maximum Gasteiger partial charge on any atom is 0.253 e. The summed E-state index contributed by atoms with van der Waals surface area (Å²) < 4.78 is 0. The lowest BCUT2D eigenvalue weighted by Gasteiger charge is -2.36. The van der Waals surface area contributed by atoms with E-state index >= 15 is 0 Å². The molecule has 0 aromatic heterocycles. The lowest BCUT2D eigenvalue weighted by atomic mass is 10.0. The summed E-state index contributed by atoms with van der Waals surface area (Å²) in [5, 5.41) is 6.57. The quantitative estimate of drug-likeness (QED) is 0.744. The number of amides is 2. The number of hydrogen-bond acceptors (Lipinski definition) is 5. The van der Waals surface area contributed by atoms with E-state index in [4.69, 9.17) is 5.73 Å². The number of nitrogens with two attached hydrogens (primary N) is 1. The number of piperazine rings is 1. The highest BCUT2D eigenvalue weighted by atomic mass is 16.2. The molecule has 0 bridgehead atoms. The minimum Gasteiger partial charge on any atom is -0.366 e. The van der Waals surface area contributed by atoms with E-state index in [1.54, 1.807) is 4.90 Å². The van der Waals surface area contributed by atoms with Gasteiger partial charge in [0.2, 0.25) is 5.91 Å². The molecule has 2 amide bonds. The molecule has 5 rings (SSSR count). The highest BCUT2D eigenvalue weighted by Crippen LogP contribution is 2.34. The first-order valence-corrected chi connectivity index (χ1v) is 10.1. The van der Waals surface area contributed by atoms with Crippen LogP contribution in [0.2, 0.25) is 0 Å². The van der Waals surface area contributed by atoms with Gasteiger partial charge in [-0.3, -0.25) is 9.59 Å². The summed E-state index contributed by atoms with van der Waals surface area (Å²) in [6, 6.07) is 14.0. The number of carbonyl (C=O) groups is 2. The van der Waals surface area contributed by atoms with Crippen molar-refractivity contribution in [3.8, 4) is 11.1 Å². The Hall–Kier alpha value is -3.06. The van der Waals surface area contributed by atoms with Crippen molar-refractivity contribution in [1.82, 2.24) is 9.80 Å². The van der Waals surface area contributed by atoms with Crippen LogP contribution in [0.3, 0.4) is 0 Å². The van der Waals surface area contributed by atoms with Gasteiger partial charge in [0, 0.05) is 31.7 Å². The Kier molecular flexibility index (Phi) is 4.20. The summed E-state index contributed by atoms with van der Waals surface area (Å²) in [5.74, 6) is 0.0466. The van der Waals surface area contributed by atoms with Gasteiger partial charge in [0.1, 0.15) is 0 Å². The summed E-state index contributed by atoms with van der Waals surface area (Å²) in [6.45, 7) is 2.95. The molecule has 2 aliphatic heterocycles. The Morgan fingerprint density at radius 1 is 0.828 bits per heavy atom. The van der Waals surface area contributed by atoms with E-state index in [0.717, 1.165) is 42.0 Å². The molecule has 2 heterocycles. The van der Waals surface area contributed by atoms with Gasteiger partial charge in [0.05, 0.1) is 23.6 Å². The van der Waals surface area contributed by atoms with Gasteiger partial charge in [-0.2, -0.15) is 0 Å². The summed E-state index contributed by atoms with van der Waals surface area (Å²) in [6.07, 6.45) is 1.54. The van der Waals surface area contributed by atoms with Crippen molar-refractivity contribution < 1.29 is 9.59 Å². The molecule has 29 heavy (non-hydrogen) atoms. The Morgan fingerprint density at radius 3 is 2.14 bits per heavy atom. The topological polar surface area (TPSA) is 90.7 Å². The molecule has 0 spiro atoms. The fraction of sp³-hybridized carbons (Fsp3) is 0.364. The van der Waals surface area contributed by atoms with Gasteiger partial charge >= 0.3 is 0 Å². The van der Waals surface area contributed by atoms with Gasteiger partial charge in [-0.25, -0.2) is 0 Å². The van der Waals surface area contributed by atoms with Gasteiger partial charge in [0.25, 0.3) is 5.91 Å². The number of rotatable bonds is 3. The number of nitrogens with zero attached hydrogens (tertiary/aromatic N) is 2. The molecular formula is C22H25N5O2. The first kappa shape index (κ1) is 18.0. The summed E-state index contributed by atoms with van der Waals surface area (Å²) in [7, 11) is 0. The molecule has 150 valence electrons. The minimum absolute atomic E-state index is 0.0114. The first-order chi connectivity index (χ1) is 14.0. The van der Waals surface area contributed by atoms with Crippen LogP contribution in [0.4, 0.5) is 11.4 Å². The third-order valence-electron chi connectivity index (χ3n) is 6.11. The van der Waals surface area contributed by atoms with Crippen LogP contribution in [0.15, 0.2) is 42.5 Å². The van der Waals surface area contributed by atoms with Crippen LogP contribution >= 0.6 is 0 Å². The number of fused-ring (bicyclic) bond motifs is 1. The lowest BCUT2D eigenvalue weighted by Crippen LogP contribution is -2.55. The zero-order valence-electron chi connectivity index (χ0n) is 16.3. The molecular weight excluding hydrogens is 366 g/mol. The standard InChI is InChI=1S/C22H25N5O2/c23-22(7-8-22)21(29)27-11-9-26(10-12-27)20(28)16-3-1-15(2-4-16)17-5-6-18-19(13-17)25-14-24-18/h1-6,13,24-25H,7-12,14,23H2. The average molecular weight is 391 g/mol. The molecule has 0 atom stereocenters. The number of carbonyl (C=O) groups excluding carboxylic acids is 2. The highest BCUT2D eigenvalue weighted by molar-refractivity contribution is 5.95. The van der Waals surface area contributed by atoms with E-state index in [1.165, 1.54) is 0 Å². The molecule has 7 nitrogen and oxygen atoms in total. The SMILES string of the molecule is NC1(C(=O)N2CCN(C(=O)c3ccc(-c4ccc5c(c4)NCN5)cc3)CC2)CC1. The van der Waals surface area contributed by atoms with Crippen LogP contribution < -0.4 is 16.4 Å². The van der Waals surface area contributed by atoms with Crippen molar-refractivity contribution in [3.63, 3.8) is 0 Å². The van der Waals surface area contributed by atoms with Gasteiger partial charge in [0.15, 0.2) is 0 Å². The van der Waals surface area contributed by atoms with Gasteiger partial charge < -0.3 is 26.2 Å². The van der Waals surface area contributed by atoms with E-state index in [9.17, 15) is 9.59 Å². The molecule has 2 aromatic rings. The maximum absolute atomic E-state index is 12.9. The average Bonchev–Trinajstić information content (AvgIpc) is 3.34. The Morgan fingerprint density at radius 2 is 1.45 bits per heavy atom. The first-order valence-electron chi connectivity index (χ1n) is 10.1. The second-order valence-corrected chi connectivity index (χ2v) is 8.11. The van der Waals surface area contributed by atoms with Crippen molar-refractivity contribution in [2.24, 2.45) is 5.73 Å². The van der Waals surface area contributed by atoms with Gasteiger partial charge in [-0.15, -0.1) is 0 Å². The predicted octanol–water partition coefficient (Wildman–Crippen LogP) is 1.92. The van der Waals surface area contributed by atoms with Crippen molar-refractivity contribution in [3.05, 3.63) is 48.0 Å². The normalized spacial score (nSPS) is 19.2. The second-order valence-electron chi connectivity index (χ2n) is 8.11. The Bertz CT molecular complexity index is 960. The van der Waals surface area contributed by atoms with E-state index < -0.39 is 5.54 Å². The fourth-order valence-electron chi connectivity index (χ4n) is 4.02. The fourth-order valence-corrected chi connectivity index (χ4v) is 4.02. The van der Waals surface area contributed by atoms with Crippen LogP contribution in [0.1, 0.15) is 23.2 Å². The third kappa shape index (κ3) is 3.31. The molecule has 1 saturated carbocycles. The minimum atomic E-state index is -0.634. The number of benzene rings is 2. The van der Waals surface area contributed by atoms with E-state index in [0.29, 0.717) is 31.7 Å². The summed E-state index contributed by atoms with van der Waals surface area (Å²) in [5.41, 5.74) is 10.5. The van der Waals surface area contributed by atoms with Crippen molar-refractivity contribution >= 4 is 23.2 Å². The van der Waals surface area contributed by atoms with Crippen molar-refractivity contribution in [2.45, 2.75) is 18.4 Å². The van der Waals surface area contributed by atoms with E-state index in [1.807, 2.05) is 29.2 Å². The molecule has 1 saturated heterocycles. The highest BCUT2D eigenvalue weighted by Gasteiger charge is 2.48. The van der Waals surface area contributed by atoms with Crippen molar-refractivity contribution in [2.75, 3.05) is 43.5 Å². The molecule has 7 heteroatoms. The van der Waals surface area contributed by atoms with Gasteiger partial charge in [-0.05, 0) is 48.2 Å². The number of nitrogens with one attached hydrogen (secondary N) is 2. The maximum atomic E-state index is 12.9. The molecule has 2 fully saturated rings. The molecule has 0 radical (unpaired) electrons. The smallest absolute Gasteiger partial charge is 0.253 e. The lowest BCUT2D eigenvalue weighted by molar-refractivity contribution is -0.135. The van der Waals surface area contributed by atoms with E-state index in [2.05, 4.69) is 28.8 Å².